The van der Waals surface area contributed by atoms with Gasteiger partial charge in [-0.1, -0.05) is 0 Å². The third-order valence-electron chi connectivity index (χ3n) is 1.61. The van der Waals surface area contributed by atoms with E-state index < -0.39 is 18.4 Å². The number of carbonyl (C=O) groups is 2. The lowest BCUT2D eigenvalue weighted by atomic mass is 10.2. The molecule has 0 radical (unpaired) electrons. The van der Waals surface area contributed by atoms with E-state index in [0.717, 1.165) is 6.20 Å². The first kappa shape index (κ1) is 8.61. The fourth-order valence-corrected chi connectivity index (χ4v) is 0.834. The van der Waals surface area contributed by atoms with Crippen LogP contribution in [0.2, 0.25) is 0 Å². The molecule has 0 aromatic carbocycles. The highest BCUT2D eigenvalue weighted by molar-refractivity contribution is 5.84. The third kappa shape index (κ3) is 2.25. The van der Waals surface area contributed by atoms with Crippen LogP contribution in [-0.2, 0) is 4.79 Å². The van der Waals surface area contributed by atoms with Crippen LogP contribution in [0.3, 0.4) is 0 Å². The molecule has 6 nitrogen and oxygen atoms in total. The number of aromatic carboxylic acids is 1. The van der Waals surface area contributed by atoms with Gasteiger partial charge in [-0.05, 0) is 6.92 Å². The largest absolute Gasteiger partial charge is 0.476 e. The molecule has 1 aromatic heterocycles. The van der Waals surface area contributed by atoms with Crippen molar-refractivity contribution in [2.45, 2.75) is 13.0 Å². The van der Waals surface area contributed by atoms with Gasteiger partial charge in [0, 0.05) is 0 Å². The quantitative estimate of drug-likeness (QED) is 0.663. The van der Waals surface area contributed by atoms with Crippen LogP contribution in [0.25, 0.3) is 0 Å². The van der Waals surface area contributed by atoms with E-state index >= 15 is 0 Å². The van der Waals surface area contributed by atoms with Crippen molar-refractivity contribution in [2.24, 2.45) is 0 Å². The summed E-state index contributed by atoms with van der Waals surface area (Å²) in [5.74, 6) is -1.16. The van der Waals surface area contributed by atoms with Crippen LogP contribution >= 0.6 is 0 Å². The molecule has 6 heteroatoms. The second kappa shape index (κ2) is 4.31. The molecule has 0 aliphatic heterocycles. The average Bonchev–Trinajstić information content (AvgIpc) is 2.17. The highest BCUT2D eigenvalue weighted by Gasteiger charge is 2.08. The molecule has 1 amide bonds. The SMILES string of the molecule is [2H]C(=O)NC(C)c1cnc(C(=O)O)cn1. The van der Waals surface area contributed by atoms with E-state index in [-0.39, 0.29) is 5.69 Å². The standard InChI is InChI=1S/C8H9N3O3/c1-5(11-4-12)6-2-10-7(3-9-6)8(13)14/h2-5H,1H3,(H,11,12)(H,13,14)/i4D. The summed E-state index contributed by atoms with van der Waals surface area (Å²) in [6.07, 6.45) is 1.43. The van der Waals surface area contributed by atoms with E-state index in [1.54, 1.807) is 6.92 Å². The number of hydrogen-bond acceptors (Lipinski definition) is 4. The van der Waals surface area contributed by atoms with Gasteiger partial charge in [-0.25, -0.2) is 9.78 Å². The first-order valence-corrected chi connectivity index (χ1v) is 3.83. The van der Waals surface area contributed by atoms with Crippen LogP contribution < -0.4 is 5.32 Å². The number of hydrogen-bond donors (Lipinski definition) is 2. The van der Waals surface area contributed by atoms with Gasteiger partial charge in [0.25, 0.3) is 0 Å². The van der Waals surface area contributed by atoms with E-state index in [1.807, 2.05) is 0 Å². The van der Waals surface area contributed by atoms with Crippen LogP contribution in [-0.4, -0.2) is 27.4 Å². The highest BCUT2D eigenvalue weighted by atomic mass is 16.4. The van der Waals surface area contributed by atoms with E-state index in [1.165, 1.54) is 6.20 Å². The lowest BCUT2D eigenvalue weighted by molar-refractivity contribution is -0.110. The zero-order chi connectivity index (χ0) is 11.4. The number of rotatable bonds is 3. The maximum absolute atomic E-state index is 10.5. The van der Waals surface area contributed by atoms with Gasteiger partial charge in [0.1, 0.15) is 1.37 Å². The van der Waals surface area contributed by atoms with Crippen LogP contribution in [0, 0.1) is 0 Å². The van der Waals surface area contributed by atoms with Crippen molar-refractivity contribution in [3.63, 3.8) is 0 Å². The Kier molecular flexibility index (Phi) is 2.65. The van der Waals surface area contributed by atoms with Crippen LogP contribution in [0.4, 0.5) is 0 Å². The Morgan fingerprint density at radius 2 is 2.43 bits per heavy atom. The van der Waals surface area contributed by atoms with Gasteiger partial charge in [0.15, 0.2) is 5.69 Å². The minimum absolute atomic E-state index is 0.164. The predicted octanol–water partition coefficient (Wildman–Crippen LogP) is -0.0182. The zero-order valence-electron chi connectivity index (χ0n) is 8.39. The molecule has 0 fully saturated rings. The highest BCUT2D eigenvalue weighted by Crippen LogP contribution is 2.06. The smallest absolute Gasteiger partial charge is 0.356 e. The average molecular weight is 196 g/mol. The Morgan fingerprint density at radius 1 is 1.71 bits per heavy atom. The molecule has 1 rings (SSSR count). The third-order valence-corrected chi connectivity index (χ3v) is 1.61. The second-order valence-corrected chi connectivity index (χ2v) is 2.60. The van der Waals surface area contributed by atoms with Crippen LogP contribution in [0.1, 0.15) is 30.5 Å². The van der Waals surface area contributed by atoms with Crippen molar-refractivity contribution in [1.29, 1.82) is 0 Å². The molecule has 0 bridgehead atoms. The number of aromatic nitrogens is 2. The normalized spacial score (nSPS) is 12.8. The molecular formula is C8H9N3O3. The molecule has 0 aliphatic carbocycles. The van der Waals surface area contributed by atoms with E-state index in [2.05, 4.69) is 15.3 Å². The molecular weight excluding hydrogens is 186 g/mol. The molecule has 1 unspecified atom stereocenters. The molecule has 0 saturated heterocycles. The van der Waals surface area contributed by atoms with Crippen molar-refractivity contribution in [3.8, 4) is 0 Å². The monoisotopic (exact) mass is 196 g/mol. The van der Waals surface area contributed by atoms with Gasteiger partial charge in [-0.3, -0.25) is 9.78 Å². The fraction of sp³-hybridized carbons (Fsp3) is 0.250. The summed E-state index contributed by atoms with van der Waals surface area (Å²) >= 11 is 0. The van der Waals surface area contributed by atoms with Gasteiger partial charge < -0.3 is 10.4 Å². The topological polar surface area (TPSA) is 92.2 Å². The first-order chi connectivity index (χ1) is 7.00. The first-order valence-electron chi connectivity index (χ1n) is 4.33. The Bertz CT molecular complexity index is 379. The number of carbonyl (C=O) groups excluding carboxylic acids is 1. The minimum atomic E-state index is -1.16. The maximum Gasteiger partial charge on any atom is 0.356 e. The lowest BCUT2D eigenvalue weighted by Crippen LogP contribution is -2.18. The summed E-state index contributed by atoms with van der Waals surface area (Å²) < 4.78 is 6.68. The summed E-state index contributed by atoms with van der Waals surface area (Å²) in [6.45, 7) is 1.62. The van der Waals surface area contributed by atoms with Crippen molar-refractivity contribution in [1.82, 2.24) is 15.3 Å². The summed E-state index contributed by atoms with van der Waals surface area (Å²) in [7, 11) is 0. The number of amides is 1. The van der Waals surface area contributed by atoms with Crippen molar-refractivity contribution < 1.29 is 16.1 Å². The molecule has 2 N–H and O–H groups in total. The summed E-state index contributed by atoms with van der Waals surface area (Å²) in [4.78, 5) is 28.3. The summed E-state index contributed by atoms with van der Waals surface area (Å²) in [5, 5.41) is 10.8. The van der Waals surface area contributed by atoms with Crippen molar-refractivity contribution in [2.75, 3.05) is 0 Å². The molecule has 1 heterocycles. The molecule has 1 atom stereocenters. The molecule has 1 aromatic rings. The molecule has 0 spiro atoms. The van der Waals surface area contributed by atoms with Gasteiger partial charge in [0.05, 0.1) is 24.1 Å². The van der Waals surface area contributed by atoms with E-state index in [4.69, 9.17) is 6.48 Å². The maximum atomic E-state index is 10.5. The predicted molar refractivity (Wildman–Crippen MR) is 46.6 cm³/mol. The Hall–Kier alpha value is -1.98. The van der Waals surface area contributed by atoms with Crippen molar-refractivity contribution >= 4 is 12.4 Å². The Balaban J connectivity index is 2.79. The lowest BCUT2D eigenvalue weighted by Gasteiger charge is -2.08. The number of nitrogens with one attached hydrogen (secondary N) is 1. The molecule has 0 aliphatic rings. The van der Waals surface area contributed by atoms with Crippen molar-refractivity contribution in [3.05, 3.63) is 23.8 Å². The summed E-state index contributed by atoms with van der Waals surface area (Å²) in [5.41, 5.74) is 0.240. The summed E-state index contributed by atoms with van der Waals surface area (Å²) in [6, 6.07) is -0.467. The number of carboxylic acid groups (broad SMARTS) is 1. The molecule has 0 saturated carbocycles. The van der Waals surface area contributed by atoms with E-state index in [9.17, 15) is 9.59 Å². The Morgan fingerprint density at radius 3 is 2.86 bits per heavy atom. The fourth-order valence-electron chi connectivity index (χ4n) is 0.834. The van der Waals surface area contributed by atoms with E-state index in [0.29, 0.717) is 5.69 Å². The minimum Gasteiger partial charge on any atom is -0.476 e. The number of carboxylic acids is 1. The van der Waals surface area contributed by atoms with Gasteiger partial charge >= 0.3 is 5.97 Å². The molecule has 74 valence electrons. The van der Waals surface area contributed by atoms with Gasteiger partial charge in [-0.15, -0.1) is 0 Å². The van der Waals surface area contributed by atoms with Crippen LogP contribution in [0.5, 0.6) is 0 Å². The number of nitrogens with zero attached hydrogens (tertiary/aromatic N) is 2. The second-order valence-electron chi connectivity index (χ2n) is 2.60. The van der Waals surface area contributed by atoms with Crippen LogP contribution in [0.15, 0.2) is 12.4 Å². The van der Waals surface area contributed by atoms with Gasteiger partial charge in [0.2, 0.25) is 6.39 Å². The molecule has 14 heavy (non-hydrogen) atoms. The zero-order valence-corrected chi connectivity index (χ0v) is 7.39. The van der Waals surface area contributed by atoms with Gasteiger partial charge in [-0.2, -0.15) is 0 Å². The Labute approximate surface area is 81.4 Å².